The van der Waals surface area contributed by atoms with E-state index >= 15 is 0 Å². The first kappa shape index (κ1) is 13.1. The molecule has 0 unspecified atom stereocenters. The molecule has 1 aliphatic carbocycles. The molecule has 100 valence electrons. The SMILES string of the molecule is O=C(O)C1CCC(CNCCc2cc[nH]c2)CC1. The van der Waals surface area contributed by atoms with Crippen LogP contribution >= 0.6 is 0 Å². The molecule has 1 heterocycles. The van der Waals surface area contributed by atoms with Crippen molar-refractivity contribution < 1.29 is 9.90 Å². The molecule has 0 atom stereocenters. The molecule has 1 aromatic heterocycles. The van der Waals surface area contributed by atoms with E-state index in [1.54, 1.807) is 0 Å². The van der Waals surface area contributed by atoms with Gasteiger partial charge in [0.1, 0.15) is 0 Å². The Labute approximate surface area is 108 Å². The fourth-order valence-corrected chi connectivity index (χ4v) is 2.67. The third-order valence-corrected chi connectivity index (χ3v) is 3.88. The largest absolute Gasteiger partial charge is 0.481 e. The lowest BCUT2D eigenvalue weighted by atomic mass is 9.82. The van der Waals surface area contributed by atoms with Crippen LogP contribution in [0.15, 0.2) is 18.5 Å². The first-order valence-electron chi connectivity index (χ1n) is 6.81. The fourth-order valence-electron chi connectivity index (χ4n) is 2.67. The molecular weight excluding hydrogens is 228 g/mol. The second-order valence-corrected chi connectivity index (χ2v) is 5.23. The quantitative estimate of drug-likeness (QED) is 0.677. The molecule has 0 aliphatic heterocycles. The van der Waals surface area contributed by atoms with Gasteiger partial charge in [0.05, 0.1) is 5.92 Å². The zero-order valence-corrected chi connectivity index (χ0v) is 10.7. The van der Waals surface area contributed by atoms with Crippen LogP contribution in [0.2, 0.25) is 0 Å². The van der Waals surface area contributed by atoms with E-state index in [-0.39, 0.29) is 5.92 Å². The number of carbonyl (C=O) groups is 1. The Bertz CT molecular complexity index is 354. The lowest BCUT2D eigenvalue weighted by Gasteiger charge is -2.26. The maximum atomic E-state index is 10.8. The molecule has 4 heteroatoms. The van der Waals surface area contributed by atoms with Crippen molar-refractivity contribution >= 4 is 5.97 Å². The van der Waals surface area contributed by atoms with Crippen LogP contribution in [0, 0.1) is 11.8 Å². The zero-order chi connectivity index (χ0) is 12.8. The van der Waals surface area contributed by atoms with Crippen LogP contribution in [0.4, 0.5) is 0 Å². The molecule has 1 aromatic rings. The maximum absolute atomic E-state index is 10.8. The van der Waals surface area contributed by atoms with Gasteiger partial charge in [0.25, 0.3) is 0 Å². The van der Waals surface area contributed by atoms with Crippen LogP contribution in [-0.2, 0) is 11.2 Å². The molecule has 0 bridgehead atoms. The summed E-state index contributed by atoms with van der Waals surface area (Å²) in [7, 11) is 0. The van der Waals surface area contributed by atoms with Gasteiger partial charge in [-0.25, -0.2) is 0 Å². The van der Waals surface area contributed by atoms with Gasteiger partial charge in [0.15, 0.2) is 0 Å². The number of rotatable bonds is 6. The maximum Gasteiger partial charge on any atom is 0.306 e. The summed E-state index contributed by atoms with van der Waals surface area (Å²) < 4.78 is 0. The highest BCUT2D eigenvalue weighted by Gasteiger charge is 2.25. The number of aliphatic carboxylic acids is 1. The van der Waals surface area contributed by atoms with Gasteiger partial charge in [-0.3, -0.25) is 4.79 Å². The molecule has 1 fully saturated rings. The minimum atomic E-state index is -0.617. The Hall–Kier alpha value is -1.29. The highest BCUT2D eigenvalue weighted by molar-refractivity contribution is 5.69. The Morgan fingerprint density at radius 3 is 2.78 bits per heavy atom. The van der Waals surface area contributed by atoms with Crippen LogP contribution < -0.4 is 5.32 Å². The third kappa shape index (κ3) is 3.88. The van der Waals surface area contributed by atoms with Crippen LogP contribution in [0.25, 0.3) is 0 Å². The summed E-state index contributed by atoms with van der Waals surface area (Å²) in [6.45, 7) is 2.02. The van der Waals surface area contributed by atoms with E-state index in [0.29, 0.717) is 5.92 Å². The lowest BCUT2D eigenvalue weighted by molar-refractivity contribution is -0.143. The smallest absolute Gasteiger partial charge is 0.306 e. The van der Waals surface area contributed by atoms with E-state index in [1.165, 1.54) is 5.56 Å². The van der Waals surface area contributed by atoms with Crippen LogP contribution in [-0.4, -0.2) is 29.1 Å². The number of H-pyrrole nitrogens is 1. The van der Waals surface area contributed by atoms with Crippen molar-refractivity contribution in [2.24, 2.45) is 11.8 Å². The van der Waals surface area contributed by atoms with Crippen LogP contribution in [0.5, 0.6) is 0 Å². The normalized spacial score (nSPS) is 24.0. The molecule has 1 saturated carbocycles. The number of carboxylic acid groups (broad SMARTS) is 1. The molecule has 3 N–H and O–H groups in total. The summed E-state index contributed by atoms with van der Waals surface area (Å²) in [6, 6.07) is 2.10. The number of aromatic amines is 1. The van der Waals surface area contributed by atoms with Crippen molar-refractivity contribution in [3.8, 4) is 0 Å². The van der Waals surface area contributed by atoms with Gasteiger partial charge in [-0.1, -0.05) is 0 Å². The Balaban J connectivity index is 1.57. The number of hydrogen-bond donors (Lipinski definition) is 3. The first-order chi connectivity index (χ1) is 8.75. The van der Waals surface area contributed by atoms with Crippen LogP contribution in [0.3, 0.4) is 0 Å². The summed E-state index contributed by atoms with van der Waals surface area (Å²) >= 11 is 0. The molecule has 2 rings (SSSR count). The third-order valence-electron chi connectivity index (χ3n) is 3.88. The molecule has 4 nitrogen and oxygen atoms in total. The summed E-state index contributed by atoms with van der Waals surface area (Å²) in [5.74, 6) is -0.0539. The predicted molar refractivity (Wildman–Crippen MR) is 70.5 cm³/mol. The number of hydrogen-bond acceptors (Lipinski definition) is 2. The summed E-state index contributed by atoms with van der Waals surface area (Å²) in [5, 5.41) is 12.4. The molecule has 18 heavy (non-hydrogen) atoms. The van der Waals surface area contributed by atoms with Crippen LogP contribution in [0.1, 0.15) is 31.2 Å². The standard InChI is InChI=1S/C14H22N2O2/c17-14(18)13-3-1-11(2-4-13)9-15-7-5-12-6-8-16-10-12/h6,8,10-11,13,15-16H,1-5,7,9H2,(H,17,18). The average molecular weight is 250 g/mol. The number of carboxylic acids is 1. The Morgan fingerprint density at radius 1 is 1.39 bits per heavy atom. The first-order valence-corrected chi connectivity index (χ1v) is 6.81. The highest BCUT2D eigenvalue weighted by Crippen LogP contribution is 2.28. The summed E-state index contributed by atoms with van der Waals surface area (Å²) in [4.78, 5) is 13.9. The Morgan fingerprint density at radius 2 is 2.17 bits per heavy atom. The summed E-state index contributed by atoms with van der Waals surface area (Å²) in [5.41, 5.74) is 1.33. The van der Waals surface area contributed by atoms with Crippen molar-refractivity contribution in [1.82, 2.24) is 10.3 Å². The van der Waals surface area contributed by atoms with E-state index in [9.17, 15) is 4.79 Å². The molecule has 1 aliphatic rings. The van der Waals surface area contributed by atoms with Gasteiger partial charge in [0, 0.05) is 12.4 Å². The molecule has 0 aromatic carbocycles. The van der Waals surface area contributed by atoms with Crippen molar-refractivity contribution in [3.05, 3.63) is 24.0 Å². The molecule has 0 amide bonds. The van der Waals surface area contributed by atoms with Gasteiger partial charge < -0.3 is 15.4 Å². The highest BCUT2D eigenvalue weighted by atomic mass is 16.4. The molecule has 0 radical (unpaired) electrons. The van der Waals surface area contributed by atoms with E-state index in [1.807, 2.05) is 12.4 Å². The predicted octanol–water partition coefficient (Wildman–Crippen LogP) is 2.04. The number of nitrogens with one attached hydrogen (secondary N) is 2. The van der Waals surface area contributed by atoms with Crippen molar-refractivity contribution in [2.75, 3.05) is 13.1 Å². The van der Waals surface area contributed by atoms with Gasteiger partial charge in [-0.05, 0) is 62.7 Å². The van der Waals surface area contributed by atoms with Gasteiger partial charge in [-0.2, -0.15) is 0 Å². The zero-order valence-electron chi connectivity index (χ0n) is 10.7. The van der Waals surface area contributed by atoms with Crippen molar-refractivity contribution in [3.63, 3.8) is 0 Å². The second kappa shape index (κ2) is 6.59. The topological polar surface area (TPSA) is 65.1 Å². The Kier molecular flexibility index (Phi) is 4.81. The summed E-state index contributed by atoms with van der Waals surface area (Å²) in [6.07, 6.45) is 8.82. The van der Waals surface area contributed by atoms with Gasteiger partial charge in [-0.15, -0.1) is 0 Å². The van der Waals surface area contributed by atoms with Gasteiger partial charge >= 0.3 is 5.97 Å². The minimum Gasteiger partial charge on any atom is -0.481 e. The van der Waals surface area contributed by atoms with Crippen molar-refractivity contribution in [1.29, 1.82) is 0 Å². The molecular formula is C14H22N2O2. The molecule has 0 spiro atoms. The number of aromatic nitrogens is 1. The fraction of sp³-hybridized carbons (Fsp3) is 0.643. The van der Waals surface area contributed by atoms with Crippen molar-refractivity contribution in [2.45, 2.75) is 32.1 Å². The average Bonchev–Trinajstić information content (AvgIpc) is 2.88. The van der Waals surface area contributed by atoms with E-state index in [0.717, 1.165) is 45.2 Å². The minimum absolute atomic E-state index is 0.0962. The monoisotopic (exact) mass is 250 g/mol. The lowest BCUT2D eigenvalue weighted by Crippen LogP contribution is -2.29. The van der Waals surface area contributed by atoms with E-state index in [2.05, 4.69) is 16.4 Å². The van der Waals surface area contributed by atoms with E-state index in [4.69, 9.17) is 5.11 Å². The van der Waals surface area contributed by atoms with Gasteiger partial charge in [0.2, 0.25) is 0 Å². The second-order valence-electron chi connectivity index (χ2n) is 5.23. The molecule has 0 saturated heterocycles. The van der Waals surface area contributed by atoms with E-state index < -0.39 is 5.97 Å².